The highest BCUT2D eigenvalue weighted by Gasteiger charge is 2.11. The molecule has 0 aliphatic rings. The highest BCUT2D eigenvalue weighted by atomic mass is 32.1. The van der Waals surface area contributed by atoms with Crippen molar-refractivity contribution in [2.24, 2.45) is 5.10 Å². The fourth-order valence-electron chi connectivity index (χ4n) is 2.47. The Balaban J connectivity index is 1.85. The van der Waals surface area contributed by atoms with E-state index in [2.05, 4.69) is 27.6 Å². The molecular formula is C20H18N4OS. The number of rotatable bonds is 5. The van der Waals surface area contributed by atoms with Gasteiger partial charge in [0.15, 0.2) is 10.7 Å². The Kier molecular flexibility index (Phi) is 5.30. The van der Waals surface area contributed by atoms with Gasteiger partial charge in [0, 0.05) is 10.9 Å². The van der Waals surface area contributed by atoms with Crippen LogP contribution in [0.25, 0.3) is 11.3 Å². The maximum Gasteiger partial charge on any atom is 0.196 e. The molecule has 0 fully saturated rings. The first-order valence-corrected chi connectivity index (χ1v) is 8.90. The number of aromatic nitrogens is 1. The van der Waals surface area contributed by atoms with Crippen LogP contribution in [-0.2, 0) is 0 Å². The van der Waals surface area contributed by atoms with E-state index in [9.17, 15) is 5.26 Å². The van der Waals surface area contributed by atoms with E-state index in [1.807, 2.05) is 55.6 Å². The number of hydrazone groups is 1. The van der Waals surface area contributed by atoms with Crippen molar-refractivity contribution in [2.75, 3.05) is 12.5 Å². The molecular weight excluding hydrogens is 344 g/mol. The second-order valence-electron chi connectivity index (χ2n) is 5.77. The van der Waals surface area contributed by atoms with Gasteiger partial charge in [0.05, 0.1) is 18.5 Å². The van der Waals surface area contributed by atoms with E-state index < -0.39 is 0 Å². The highest BCUT2D eigenvalue weighted by molar-refractivity contribution is 7.12. The lowest BCUT2D eigenvalue weighted by Crippen LogP contribution is -2.02. The number of nitriles is 1. The van der Waals surface area contributed by atoms with Gasteiger partial charge in [0.1, 0.15) is 11.8 Å². The SMILES string of the molecule is COc1cccc(-c2csc(C(C#N)=NNc3ccc(C)cc3C)n2)c1. The van der Waals surface area contributed by atoms with Crippen molar-refractivity contribution in [3.05, 3.63) is 64.0 Å². The molecule has 0 bridgehead atoms. The van der Waals surface area contributed by atoms with Crippen LogP contribution in [0.15, 0.2) is 52.9 Å². The molecule has 0 aliphatic heterocycles. The van der Waals surface area contributed by atoms with Crippen LogP contribution in [-0.4, -0.2) is 17.8 Å². The van der Waals surface area contributed by atoms with Crippen molar-refractivity contribution in [1.29, 1.82) is 5.26 Å². The smallest absolute Gasteiger partial charge is 0.196 e. The number of anilines is 1. The number of benzene rings is 2. The Bertz CT molecular complexity index is 1000. The Morgan fingerprint density at radius 1 is 1.23 bits per heavy atom. The van der Waals surface area contributed by atoms with Crippen molar-refractivity contribution < 1.29 is 4.74 Å². The number of methoxy groups -OCH3 is 1. The molecule has 1 N–H and O–H groups in total. The summed E-state index contributed by atoms with van der Waals surface area (Å²) in [7, 11) is 1.63. The molecule has 1 aromatic heterocycles. The van der Waals surface area contributed by atoms with Gasteiger partial charge in [-0.15, -0.1) is 11.3 Å². The molecule has 5 nitrogen and oxygen atoms in total. The summed E-state index contributed by atoms with van der Waals surface area (Å²) in [6, 6.07) is 15.8. The molecule has 130 valence electrons. The standard InChI is InChI=1S/C20H18N4OS/c1-13-7-8-17(14(2)9-13)23-24-18(11-21)20-22-19(12-26-20)15-5-4-6-16(10-15)25-3/h4-10,12,23H,1-3H3. The van der Waals surface area contributed by atoms with E-state index in [1.54, 1.807) is 7.11 Å². The third kappa shape index (κ3) is 3.90. The Hall–Kier alpha value is -3.17. The van der Waals surface area contributed by atoms with E-state index >= 15 is 0 Å². The second-order valence-corrected chi connectivity index (χ2v) is 6.63. The zero-order valence-electron chi connectivity index (χ0n) is 14.8. The van der Waals surface area contributed by atoms with Gasteiger partial charge >= 0.3 is 0 Å². The van der Waals surface area contributed by atoms with Crippen LogP contribution < -0.4 is 10.2 Å². The number of nitrogens with zero attached hydrogens (tertiary/aromatic N) is 3. The molecule has 1 heterocycles. The summed E-state index contributed by atoms with van der Waals surface area (Å²) in [6.45, 7) is 4.04. The predicted molar refractivity (Wildman–Crippen MR) is 106 cm³/mol. The van der Waals surface area contributed by atoms with E-state index in [4.69, 9.17) is 4.74 Å². The summed E-state index contributed by atoms with van der Waals surface area (Å²) < 4.78 is 5.25. The third-order valence-corrected chi connectivity index (χ3v) is 4.70. The Morgan fingerprint density at radius 2 is 2.08 bits per heavy atom. The summed E-state index contributed by atoms with van der Waals surface area (Å²) in [4.78, 5) is 4.55. The summed E-state index contributed by atoms with van der Waals surface area (Å²) in [6.07, 6.45) is 0. The second kappa shape index (κ2) is 7.81. The Morgan fingerprint density at radius 3 is 2.81 bits per heavy atom. The fraction of sp³-hybridized carbons (Fsp3) is 0.150. The molecule has 0 spiro atoms. The minimum absolute atomic E-state index is 0.254. The molecule has 6 heteroatoms. The molecule has 0 aliphatic carbocycles. The highest BCUT2D eigenvalue weighted by Crippen LogP contribution is 2.25. The van der Waals surface area contributed by atoms with Gasteiger partial charge in [-0.2, -0.15) is 10.4 Å². The van der Waals surface area contributed by atoms with Gasteiger partial charge in [-0.05, 0) is 37.6 Å². The maximum atomic E-state index is 9.46. The largest absolute Gasteiger partial charge is 0.497 e. The number of hydrogen-bond donors (Lipinski definition) is 1. The number of aryl methyl sites for hydroxylation is 2. The van der Waals surface area contributed by atoms with Crippen LogP contribution in [0, 0.1) is 25.2 Å². The molecule has 0 saturated carbocycles. The normalized spacial score (nSPS) is 11.1. The van der Waals surface area contributed by atoms with Crippen LogP contribution in [0.1, 0.15) is 16.1 Å². The maximum absolute atomic E-state index is 9.46. The lowest BCUT2D eigenvalue weighted by Gasteiger charge is -2.05. The van der Waals surface area contributed by atoms with Crippen molar-refractivity contribution in [3.8, 4) is 23.1 Å². The first kappa shape index (κ1) is 17.6. The van der Waals surface area contributed by atoms with Crippen LogP contribution in [0.2, 0.25) is 0 Å². The molecule has 0 unspecified atom stereocenters. The number of nitrogens with one attached hydrogen (secondary N) is 1. The van der Waals surface area contributed by atoms with Gasteiger partial charge in [-0.1, -0.05) is 29.8 Å². The molecule has 0 radical (unpaired) electrons. The number of hydrogen-bond acceptors (Lipinski definition) is 6. The fourth-order valence-corrected chi connectivity index (χ4v) is 3.24. The van der Waals surface area contributed by atoms with Gasteiger partial charge in [0.2, 0.25) is 0 Å². The summed E-state index contributed by atoms with van der Waals surface area (Å²) >= 11 is 1.39. The van der Waals surface area contributed by atoms with Gasteiger partial charge < -0.3 is 4.74 Å². The average molecular weight is 362 g/mol. The van der Waals surface area contributed by atoms with Crippen LogP contribution in [0.4, 0.5) is 5.69 Å². The van der Waals surface area contributed by atoms with Gasteiger partial charge in [-0.25, -0.2) is 4.98 Å². The molecule has 0 saturated heterocycles. The Labute approximate surface area is 156 Å². The van der Waals surface area contributed by atoms with Crippen LogP contribution in [0.5, 0.6) is 5.75 Å². The minimum Gasteiger partial charge on any atom is -0.497 e. The van der Waals surface area contributed by atoms with E-state index in [0.717, 1.165) is 28.3 Å². The molecule has 2 aromatic carbocycles. The van der Waals surface area contributed by atoms with Crippen molar-refractivity contribution >= 4 is 22.7 Å². The van der Waals surface area contributed by atoms with Gasteiger partial charge in [0.25, 0.3) is 0 Å². The molecule has 3 aromatic rings. The predicted octanol–water partition coefficient (Wildman–Crippen LogP) is 4.78. The summed E-state index contributed by atoms with van der Waals surface area (Å²) in [5.74, 6) is 0.766. The first-order valence-electron chi connectivity index (χ1n) is 8.02. The third-order valence-electron chi connectivity index (χ3n) is 3.85. The van der Waals surface area contributed by atoms with Crippen molar-refractivity contribution in [1.82, 2.24) is 4.98 Å². The number of ether oxygens (including phenoxy) is 1. The summed E-state index contributed by atoms with van der Waals surface area (Å²) in [5.41, 5.74) is 8.07. The summed E-state index contributed by atoms with van der Waals surface area (Å²) in [5, 5.41) is 16.2. The van der Waals surface area contributed by atoms with Crippen LogP contribution in [0.3, 0.4) is 0 Å². The number of thiazole rings is 1. The van der Waals surface area contributed by atoms with Crippen molar-refractivity contribution in [2.45, 2.75) is 13.8 Å². The lowest BCUT2D eigenvalue weighted by atomic mass is 10.1. The first-order chi connectivity index (χ1) is 12.6. The zero-order valence-corrected chi connectivity index (χ0v) is 15.6. The monoisotopic (exact) mass is 362 g/mol. The van der Waals surface area contributed by atoms with Crippen LogP contribution >= 0.6 is 11.3 Å². The van der Waals surface area contributed by atoms with E-state index in [0.29, 0.717) is 5.01 Å². The quantitative estimate of drug-likeness (QED) is 0.524. The molecule has 0 atom stereocenters. The van der Waals surface area contributed by atoms with E-state index in [1.165, 1.54) is 16.9 Å². The van der Waals surface area contributed by atoms with Crippen molar-refractivity contribution in [3.63, 3.8) is 0 Å². The van der Waals surface area contributed by atoms with E-state index in [-0.39, 0.29) is 5.71 Å². The molecule has 26 heavy (non-hydrogen) atoms. The zero-order chi connectivity index (χ0) is 18.5. The van der Waals surface area contributed by atoms with Gasteiger partial charge in [-0.3, -0.25) is 5.43 Å². The average Bonchev–Trinajstić information content (AvgIpc) is 3.14. The molecule has 3 rings (SSSR count). The lowest BCUT2D eigenvalue weighted by molar-refractivity contribution is 0.415. The minimum atomic E-state index is 0.254. The topological polar surface area (TPSA) is 70.3 Å². The molecule has 0 amide bonds.